The summed E-state index contributed by atoms with van der Waals surface area (Å²) in [6, 6.07) is 16.2. The molecule has 170 valence electrons. The van der Waals surface area contributed by atoms with Gasteiger partial charge in [0.1, 0.15) is 12.6 Å². The van der Waals surface area contributed by atoms with E-state index in [1.54, 1.807) is 0 Å². The summed E-state index contributed by atoms with van der Waals surface area (Å²) in [5.41, 5.74) is 2.82. The third-order valence-electron chi connectivity index (χ3n) is 5.75. The predicted molar refractivity (Wildman–Crippen MR) is 121 cm³/mol. The van der Waals surface area contributed by atoms with Crippen molar-refractivity contribution in [1.82, 2.24) is 5.32 Å². The first-order chi connectivity index (χ1) is 15.5. The van der Waals surface area contributed by atoms with Gasteiger partial charge in [-0.1, -0.05) is 48.5 Å². The Balaban J connectivity index is 1.81. The maximum atomic E-state index is 13.5. The van der Waals surface area contributed by atoms with Gasteiger partial charge in [0.15, 0.2) is 0 Å². The molecule has 0 aliphatic carbocycles. The number of esters is 2. The summed E-state index contributed by atoms with van der Waals surface area (Å²) >= 11 is 0. The monoisotopic (exact) mass is 438 g/mol. The molecule has 2 atom stereocenters. The molecule has 0 saturated heterocycles. The Labute approximate surface area is 188 Å². The fraction of sp³-hybridized carbons (Fsp3) is 0.400. The van der Waals surface area contributed by atoms with Crippen LogP contribution in [-0.2, 0) is 36.7 Å². The Hall–Kier alpha value is -3.19. The largest absolute Gasteiger partial charge is 0.468 e. The number of aryl methyl sites for hydroxylation is 2. The zero-order valence-electron chi connectivity index (χ0n) is 18.6. The summed E-state index contributed by atoms with van der Waals surface area (Å²) in [7, 11) is 2.65. The number of hydrogen-bond donors (Lipinski definition) is 1. The third-order valence-corrected chi connectivity index (χ3v) is 5.75. The van der Waals surface area contributed by atoms with Gasteiger partial charge < -0.3 is 9.47 Å². The Bertz CT molecular complexity index is 931. The second-order valence-corrected chi connectivity index (χ2v) is 7.84. The first-order valence-electron chi connectivity index (χ1n) is 10.9. The normalized spacial score (nSPS) is 17.0. The van der Waals surface area contributed by atoms with E-state index in [1.165, 1.54) is 19.1 Å². The van der Waals surface area contributed by atoms with Crippen molar-refractivity contribution in [2.75, 3.05) is 25.7 Å². The highest BCUT2D eigenvalue weighted by atomic mass is 16.5. The Morgan fingerprint density at radius 1 is 1.06 bits per heavy atom. The third kappa shape index (κ3) is 5.95. The minimum absolute atomic E-state index is 0.183. The van der Waals surface area contributed by atoms with Gasteiger partial charge in [0, 0.05) is 5.69 Å². The fourth-order valence-electron chi connectivity index (χ4n) is 4.03. The number of methoxy groups -OCH3 is 2. The van der Waals surface area contributed by atoms with Crippen molar-refractivity contribution in [3.8, 4) is 0 Å². The second kappa shape index (κ2) is 11.4. The Morgan fingerprint density at radius 3 is 2.50 bits per heavy atom. The average molecular weight is 439 g/mol. The van der Waals surface area contributed by atoms with Crippen LogP contribution in [0.5, 0.6) is 0 Å². The molecule has 3 rings (SSSR count). The van der Waals surface area contributed by atoms with E-state index in [0.29, 0.717) is 24.9 Å². The van der Waals surface area contributed by atoms with Crippen molar-refractivity contribution in [3.63, 3.8) is 0 Å². The maximum Gasteiger partial charge on any atom is 0.325 e. The molecule has 7 nitrogen and oxygen atoms in total. The van der Waals surface area contributed by atoms with Crippen LogP contribution in [-0.4, -0.2) is 50.7 Å². The van der Waals surface area contributed by atoms with Gasteiger partial charge in [0.2, 0.25) is 5.91 Å². The Kier molecular flexibility index (Phi) is 8.39. The molecule has 1 amide bonds. The van der Waals surface area contributed by atoms with Crippen LogP contribution in [0, 0.1) is 0 Å². The smallest absolute Gasteiger partial charge is 0.325 e. The van der Waals surface area contributed by atoms with Gasteiger partial charge in [0.25, 0.3) is 0 Å². The van der Waals surface area contributed by atoms with Crippen LogP contribution < -0.4 is 10.2 Å². The molecule has 0 aromatic heterocycles. The van der Waals surface area contributed by atoms with Crippen LogP contribution in [0.15, 0.2) is 54.6 Å². The van der Waals surface area contributed by atoms with Gasteiger partial charge in [0.05, 0.1) is 20.3 Å². The Morgan fingerprint density at radius 2 is 1.78 bits per heavy atom. The van der Waals surface area contributed by atoms with Crippen LogP contribution in [0.4, 0.5) is 5.69 Å². The van der Waals surface area contributed by atoms with Gasteiger partial charge in [-0.25, -0.2) is 0 Å². The minimum Gasteiger partial charge on any atom is -0.468 e. The molecule has 2 aromatic carbocycles. The standard InChI is InChI=1S/C25H30N2O5/c1-31-23(28)17-27-22-14-7-6-11-19(22)12-8-13-20(24(27)29)26-21(25(30)32-2)16-15-18-9-4-3-5-10-18/h3-7,9-11,14,20-21,26H,8,12-13,15-17H2,1-2H3. The van der Waals surface area contributed by atoms with Gasteiger partial charge in [-0.15, -0.1) is 0 Å². The number of hydrogen-bond acceptors (Lipinski definition) is 6. The van der Waals surface area contributed by atoms with Gasteiger partial charge in [-0.3, -0.25) is 24.6 Å². The molecule has 2 unspecified atom stereocenters. The lowest BCUT2D eigenvalue weighted by Gasteiger charge is -2.32. The summed E-state index contributed by atoms with van der Waals surface area (Å²) in [6.45, 7) is -0.183. The SMILES string of the molecule is COC(=O)CN1C(=O)C(NC(CCc2ccccc2)C(=O)OC)CCCc2ccccc21. The van der Waals surface area contributed by atoms with E-state index in [4.69, 9.17) is 9.47 Å². The number of carbonyl (C=O) groups excluding carboxylic acids is 3. The van der Waals surface area contributed by atoms with Crippen LogP contribution in [0.1, 0.15) is 30.4 Å². The first kappa shape index (κ1) is 23.5. The molecule has 0 radical (unpaired) electrons. The molecule has 0 bridgehead atoms. The highest BCUT2D eigenvalue weighted by Crippen LogP contribution is 2.27. The van der Waals surface area contributed by atoms with Crippen LogP contribution >= 0.6 is 0 Å². The fourth-order valence-corrected chi connectivity index (χ4v) is 4.03. The van der Waals surface area contributed by atoms with Gasteiger partial charge in [-0.2, -0.15) is 0 Å². The van der Waals surface area contributed by atoms with E-state index in [2.05, 4.69) is 5.32 Å². The zero-order chi connectivity index (χ0) is 22.9. The zero-order valence-corrected chi connectivity index (χ0v) is 18.6. The van der Waals surface area contributed by atoms with E-state index in [9.17, 15) is 14.4 Å². The number of para-hydroxylation sites is 1. The molecule has 1 N–H and O–H groups in total. The van der Waals surface area contributed by atoms with Gasteiger partial charge in [-0.05, 0) is 49.3 Å². The molecule has 0 fully saturated rings. The summed E-state index contributed by atoms with van der Waals surface area (Å²) in [5, 5.41) is 3.23. The number of nitrogens with zero attached hydrogens (tertiary/aromatic N) is 1. The minimum atomic E-state index is -0.635. The summed E-state index contributed by atoms with van der Waals surface area (Å²) in [5.74, 6) is -1.16. The molecule has 2 aromatic rings. The predicted octanol–water partition coefficient (Wildman–Crippen LogP) is 2.66. The van der Waals surface area contributed by atoms with E-state index in [1.807, 2.05) is 54.6 Å². The van der Waals surface area contributed by atoms with Crippen molar-refractivity contribution in [2.45, 2.75) is 44.2 Å². The van der Waals surface area contributed by atoms with Crippen LogP contribution in [0.2, 0.25) is 0 Å². The number of carbonyl (C=O) groups is 3. The number of ether oxygens (including phenoxy) is 2. The second-order valence-electron chi connectivity index (χ2n) is 7.84. The lowest BCUT2D eigenvalue weighted by Crippen LogP contribution is -2.54. The molecule has 1 aliphatic rings. The topological polar surface area (TPSA) is 84.9 Å². The molecule has 1 heterocycles. The molecule has 32 heavy (non-hydrogen) atoms. The maximum absolute atomic E-state index is 13.5. The van der Waals surface area contributed by atoms with Crippen molar-refractivity contribution in [3.05, 3.63) is 65.7 Å². The summed E-state index contributed by atoms with van der Waals surface area (Å²) in [6.07, 6.45) is 3.26. The molecule has 1 aliphatic heterocycles. The van der Waals surface area contributed by atoms with Crippen LogP contribution in [0.25, 0.3) is 0 Å². The molecule has 0 saturated carbocycles. The highest BCUT2D eigenvalue weighted by molar-refractivity contribution is 6.01. The number of anilines is 1. The number of benzene rings is 2. The van der Waals surface area contributed by atoms with Crippen molar-refractivity contribution >= 4 is 23.5 Å². The lowest BCUT2D eigenvalue weighted by atomic mass is 9.97. The first-order valence-corrected chi connectivity index (χ1v) is 10.9. The van der Waals surface area contributed by atoms with Gasteiger partial charge >= 0.3 is 11.9 Å². The van der Waals surface area contributed by atoms with E-state index in [-0.39, 0.29) is 12.5 Å². The average Bonchev–Trinajstić information content (AvgIpc) is 2.83. The lowest BCUT2D eigenvalue weighted by molar-refractivity contribution is -0.144. The van der Waals surface area contributed by atoms with E-state index in [0.717, 1.165) is 24.0 Å². The quantitative estimate of drug-likeness (QED) is 0.638. The van der Waals surface area contributed by atoms with Crippen molar-refractivity contribution in [2.24, 2.45) is 0 Å². The van der Waals surface area contributed by atoms with Crippen molar-refractivity contribution in [1.29, 1.82) is 0 Å². The number of rotatable bonds is 8. The molecular formula is C25H30N2O5. The number of nitrogens with one attached hydrogen (secondary N) is 1. The van der Waals surface area contributed by atoms with Crippen molar-refractivity contribution < 1.29 is 23.9 Å². The molecule has 0 spiro atoms. The number of fused-ring (bicyclic) bond motifs is 1. The van der Waals surface area contributed by atoms with E-state index >= 15 is 0 Å². The summed E-state index contributed by atoms with van der Waals surface area (Å²) in [4.78, 5) is 39.6. The van der Waals surface area contributed by atoms with E-state index < -0.39 is 24.0 Å². The summed E-state index contributed by atoms with van der Waals surface area (Å²) < 4.78 is 9.82. The number of amides is 1. The van der Waals surface area contributed by atoms with Crippen LogP contribution in [0.3, 0.4) is 0 Å². The molecule has 7 heteroatoms. The molecular weight excluding hydrogens is 408 g/mol. The highest BCUT2D eigenvalue weighted by Gasteiger charge is 2.33.